The minimum Gasteiger partial charge on any atom is -0.495 e. The number of rotatable bonds is 1. The molecule has 0 spiro atoms. The second-order valence-corrected chi connectivity index (χ2v) is 5.30. The van der Waals surface area contributed by atoms with Gasteiger partial charge in [-0.1, -0.05) is 6.07 Å². The highest BCUT2D eigenvalue weighted by Gasteiger charge is 2.24. The molecule has 3 heteroatoms. The van der Waals surface area contributed by atoms with Crippen LogP contribution in [0.2, 0.25) is 0 Å². The van der Waals surface area contributed by atoms with E-state index in [0.29, 0.717) is 6.04 Å². The molecule has 1 aliphatic carbocycles. The molecule has 0 fully saturated rings. The van der Waals surface area contributed by atoms with Crippen molar-refractivity contribution in [1.29, 1.82) is 0 Å². The number of nitrogens with two attached hydrogens (primary N) is 1. The third-order valence-electron chi connectivity index (χ3n) is 4.18. The number of aromatic nitrogens is 1. The summed E-state index contributed by atoms with van der Waals surface area (Å²) in [7, 11) is 3.88. The summed E-state index contributed by atoms with van der Waals surface area (Å²) in [5, 5.41) is 1.35. The maximum absolute atomic E-state index is 6.13. The van der Waals surface area contributed by atoms with Crippen LogP contribution in [0.1, 0.15) is 23.2 Å². The molecule has 0 aliphatic heterocycles. The SMILES string of the molecule is COc1ccc(C)c2c3c(n(C)c12)CCC(N)C3. The van der Waals surface area contributed by atoms with Gasteiger partial charge in [0.1, 0.15) is 5.75 Å². The minimum absolute atomic E-state index is 0.300. The zero-order chi connectivity index (χ0) is 12.9. The van der Waals surface area contributed by atoms with E-state index in [1.54, 1.807) is 7.11 Å². The quantitative estimate of drug-likeness (QED) is 0.836. The van der Waals surface area contributed by atoms with E-state index in [9.17, 15) is 0 Å². The van der Waals surface area contributed by atoms with Gasteiger partial charge in [0, 0.05) is 24.2 Å². The van der Waals surface area contributed by atoms with E-state index in [2.05, 4.69) is 30.7 Å². The van der Waals surface area contributed by atoms with Gasteiger partial charge < -0.3 is 15.0 Å². The Morgan fingerprint density at radius 2 is 2.17 bits per heavy atom. The van der Waals surface area contributed by atoms with Gasteiger partial charge in [0.05, 0.1) is 12.6 Å². The van der Waals surface area contributed by atoms with E-state index in [1.807, 2.05) is 0 Å². The maximum Gasteiger partial charge on any atom is 0.143 e. The lowest BCUT2D eigenvalue weighted by Crippen LogP contribution is -2.28. The molecule has 1 aromatic carbocycles. The van der Waals surface area contributed by atoms with Crippen LogP contribution in [0.15, 0.2) is 12.1 Å². The van der Waals surface area contributed by atoms with Gasteiger partial charge >= 0.3 is 0 Å². The molecule has 0 saturated heterocycles. The van der Waals surface area contributed by atoms with Crippen molar-refractivity contribution in [3.63, 3.8) is 0 Å². The van der Waals surface area contributed by atoms with E-state index in [-0.39, 0.29) is 0 Å². The lowest BCUT2D eigenvalue weighted by molar-refractivity contribution is 0.417. The number of benzene rings is 1. The molecule has 1 aromatic heterocycles. The smallest absolute Gasteiger partial charge is 0.143 e. The Bertz CT molecular complexity index is 613. The third kappa shape index (κ3) is 1.47. The minimum atomic E-state index is 0.300. The largest absolute Gasteiger partial charge is 0.495 e. The molecule has 0 bridgehead atoms. The molecular weight excluding hydrogens is 224 g/mol. The molecule has 2 aromatic rings. The summed E-state index contributed by atoms with van der Waals surface area (Å²) in [6.45, 7) is 2.17. The molecule has 1 unspecified atom stereocenters. The summed E-state index contributed by atoms with van der Waals surface area (Å²) in [5.74, 6) is 0.959. The van der Waals surface area contributed by atoms with Crippen molar-refractivity contribution in [3.05, 3.63) is 29.0 Å². The van der Waals surface area contributed by atoms with Crippen LogP contribution in [0.3, 0.4) is 0 Å². The molecule has 0 radical (unpaired) electrons. The summed E-state index contributed by atoms with van der Waals surface area (Å²) >= 11 is 0. The predicted molar refractivity (Wildman–Crippen MR) is 74.2 cm³/mol. The standard InChI is InChI=1S/C15H20N2O/c1-9-4-7-13(18-3)15-14(9)11-8-10(16)5-6-12(11)17(15)2/h4,7,10H,5-6,8,16H2,1-3H3. The highest BCUT2D eigenvalue weighted by atomic mass is 16.5. The van der Waals surface area contributed by atoms with Gasteiger partial charge in [0.15, 0.2) is 0 Å². The number of ether oxygens (including phenoxy) is 1. The normalized spacial score (nSPS) is 19.0. The van der Waals surface area contributed by atoms with E-state index >= 15 is 0 Å². The van der Waals surface area contributed by atoms with Gasteiger partial charge in [-0.05, 0) is 43.4 Å². The van der Waals surface area contributed by atoms with Crippen LogP contribution in [-0.2, 0) is 19.9 Å². The van der Waals surface area contributed by atoms with Crippen molar-refractivity contribution < 1.29 is 4.74 Å². The Kier molecular flexibility index (Phi) is 2.59. The van der Waals surface area contributed by atoms with Gasteiger partial charge in [-0.3, -0.25) is 0 Å². The third-order valence-corrected chi connectivity index (χ3v) is 4.18. The number of hydrogen-bond donors (Lipinski definition) is 1. The number of fused-ring (bicyclic) bond motifs is 3. The Morgan fingerprint density at radius 3 is 2.89 bits per heavy atom. The van der Waals surface area contributed by atoms with Gasteiger partial charge in [0.25, 0.3) is 0 Å². The Morgan fingerprint density at radius 1 is 1.39 bits per heavy atom. The first-order chi connectivity index (χ1) is 8.63. The number of hydrogen-bond acceptors (Lipinski definition) is 2. The zero-order valence-electron chi connectivity index (χ0n) is 11.3. The van der Waals surface area contributed by atoms with E-state index in [1.165, 1.54) is 27.7 Å². The van der Waals surface area contributed by atoms with Crippen molar-refractivity contribution in [2.45, 2.75) is 32.2 Å². The first-order valence-electron chi connectivity index (χ1n) is 6.52. The Labute approximate surface area is 108 Å². The maximum atomic E-state index is 6.13. The molecule has 1 aliphatic rings. The average Bonchev–Trinajstić information content (AvgIpc) is 2.65. The number of methoxy groups -OCH3 is 1. The summed E-state index contributed by atoms with van der Waals surface area (Å²) in [4.78, 5) is 0. The topological polar surface area (TPSA) is 40.2 Å². The molecule has 0 saturated carbocycles. The highest BCUT2D eigenvalue weighted by molar-refractivity contribution is 5.93. The zero-order valence-corrected chi connectivity index (χ0v) is 11.3. The average molecular weight is 244 g/mol. The molecule has 0 amide bonds. The lowest BCUT2D eigenvalue weighted by Gasteiger charge is -2.19. The second kappa shape index (κ2) is 4.02. The number of nitrogens with zero attached hydrogens (tertiary/aromatic N) is 1. The van der Waals surface area contributed by atoms with Crippen LogP contribution in [0.4, 0.5) is 0 Å². The van der Waals surface area contributed by atoms with Crippen LogP contribution in [0.5, 0.6) is 5.75 Å². The van der Waals surface area contributed by atoms with Crippen LogP contribution < -0.4 is 10.5 Å². The van der Waals surface area contributed by atoms with Gasteiger partial charge in [-0.25, -0.2) is 0 Å². The number of aryl methyl sites for hydroxylation is 2. The molecule has 3 rings (SSSR count). The lowest BCUT2D eigenvalue weighted by atomic mass is 9.91. The summed E-state index contributed by atoms with van der Waals surface area (Å²) in [6.07, 6.45) is 3.14. The van der Waals surface area contributed by atoms with Crippen LogP contribution in [-0.4, -0.2) is 17.7 Å². The van der Waals surface area contributed by atoms with Gasteiger partial charge in [-0.15, -0.1) is 0 Å². The Balaban J connectivity index is 2.39. The van der Waals surface area contributed by atoms with Crippen LogP contribution >= 0.6 is 0 Å². The monoisotopic (exact) mass is 244 g/mol. The molecular formula is C15H20N2O. The summed E-state index contributed by atoms with van der Waals surface area (Å²) in [5.41, 5.74) is 11.5. The fourth-order valence-corrected chi connectivity index (χ4v) is 3.26. The second-order valence-electron chi connectivity index (χ2n) is 5.30. The molecule has 1 atom stereocenters. The molecule has 96 valence electrons. The fraction of sp³-hybridized carbons (Fsp3) is 0.467. The van der Waals surface area contributed by atoms with Crippen molar-refractivity contribution in [2.24, 2.45) is 12.8 Å². The Hall–Kier alpha value is -1.48. The van der Waals surface area contributed by atoms with Crippen LogP contribution in [0.25, 0.3) is 10.9 Å². The van der Waals surface area contributed by atoms with Crippen molar-refractivity contribution in [2.75, 3.05) is 7.11 Å². The first-order valence-corrected chi connectivity index (χ1v) is 6.52. The summed E-state index contributed by atoms with van der Waals surface area (Å²) < 4.78 is 7.81. The van der Waals surface area contributed by atoms with Crippen molar-refractivity contribution in [3.8, 4) is 5.75 Å². The highest BCUT2D eigenvalue weighted by Crippen LogP contribution is 2.37. The van der Waals surface area contributed by atoms with Gasteiger partial charge in [-0.2, -0.15) is 0 Å². The van der Waals surface area contributed by atoms with E-state index in [0.717, 1.165) is 25.0 Å². The first kappa shape index (κ1) is 11.6. The van der Waals surface area contributed by atoms with E-state index < -0.39 is 0 Å². The van der Waals surface area contributed by atoms with Gasteiger partial charge in [0.2, 0.25) is 0 Å². The molecule has 18 heavy (non-hydrogen) atoms. The fourth-order valence-electron chi connectivity index (χ4n) is 3.26. The molecule has 1 heterocycles. The van der Waals surface area contributed by atoms with Crippen molar-refractivity contribution >= 4 is 10.9 Å². The molecule has 2 N–H and O–H groups in total. The predicted octanol–water partition coefficient (Wildman–Crippen LogP) is 2.31. The summed E-state index contributed by atoms with van der Waals surface area (Å²) in [6, 6.07) is 4.50. The van der Waals surface area contributed by atoms with Crippen LogP contribution in [0, 0.1) is 6.92 Å². The molecule has 3 nitrogen and oxygen atoms in total. The van der Waals surface area contributed by atoms with Crippen molar-refractivity contribution in [1.82, 2.24) is 4.57 Å². The van der Waals surface area contributed by atoms with E-state index in [4.69, 9.17) is 10.5 Å².